The Morgan fingerprint density at radius 3 is 2.62 bits per heavy atom. The molecule has 0 aliphatic carbocycles. The van der Waals surface area contributed by atoms with Crippen molar-refractivity contribution in [3.63, 3.8) is 0 Å². The maximum absolute atomic E-state index is 10.7. The topological polar surface area (TPSA) is 71.8 Å². The first-order valence-electron chi connectivity index (χ1n) is 6.20. The molecule has 0 saturated heterocycles. The van der Waals surface area contributed by atoms with E-state index in [0.717, 1.165) is 5.56 Å². The molecule has 0 unspecified atom stereocenters. The second-order valence-electron chi connectivity index (χ2n) is 4.47. The van der Waals surface area contributed by atoms with Crippen molar-refractivity contribution in [1.29, 1.82) is 0 Å². The summed E-state index contributed by atoms with van der Waals surface area (Å²) in [4.78, 5) is 17.7. The number of non-ortho nitro benzene ring substituents is 1. The Morgan fingerprint density at radius 2 is 1.90 bits per heavy atom. The van der Waals surface area contributed by atoms with Crippen LogP contribution in [0.15, 0.2) is 42.5 Å². The summed E-state index contributed by atoms with van der Waals surface area (Å²) in [6, 6.07) is 12.0. The zero-order valence-corrected chi connectivity index (χ0v) is 11.5. The standard InChI is InChI=1S/C15H10ClN3O2/c16-11-4-1-10(2-5-11)3-8-15-17-13-7-6-12(19(20)21)9-14(13)18-15/h1-9H,(H,17,18). The molecule has 2 aromatic carbocycles. The van der Waals surface area contributed by atoms with E-state index in [1.807, 2.05) is 36.4 Å². The highest BCUT2D eigenvalue weighted by Gasteiger charge is 2.08. The maximum atomic E-state index is 10.7. The summed E-state index contributed by atoms with van der Waals surface area (Å²) in [5.41, 5.74) is 2.36. The van der Waals surface area contributed by atoms with Crippen LogP contribution in [0.25, 0.3) is 23.2 Å². The Labute approximate surface area is 125 Å². The van der Waals surface area contributed by atoms with Crippen molar-refractivity contribution in [2.75, 3.05) is 0 Å². The normalized spacial score (nSPS) is 11.3. The molecule has 1 heterocycles. The van der Waals surface area contributed by atoms with Gasteiger partial charge in [-0.25, -0.2) is 4.98 Å². The third kappa shape index (κ3) is 2.93. The number of halogens is 1. The number of nitro groups is 1. The van der Waals surface area contributed by atoms with E-state index in [2.05, 4.69) is 9.97 Å². The number of rotatable bonds is 3. The van der Waals surface area contributed by atoms with Gasteiger partial charge in [0.1, 0.15) is 5.82 Å². The molecule has 3 aromatic rings. The van der Waals surface area contributed by atoms with Crippen LogP contribution < -0.4 is 0 Å². The molecule has 0 saturated carbocycles. The molecule has 0 radical (unpaired) electrons. The first kappa shape index (κ1) is 13.3. The summed E-state index contributed by atoms with van der Waals surface area (Å²) in [7, 11) is 0. The largest absolute Gasteiger partial charge is 0.338 e. The highest BCUT2D eigenvalue weighted by Crippen LogP contribution is 2.20. The van der Waals surface area contributed by atoms with Gasteiger partial charge in [-0.15, -0.1) is 0 Å². The van der Waals surface area contributed by atoms with Gasteiger partial charge in [-0.3, -0.25) is 10.1 Å². The van der Waals surface area contributed by atoms with Crippen LogP contribution in [0, 0.1) is 10.1 Å². The van der Waals surface area contributed by atoms with Crippen molar-refractivity contribution in [2.24, 2.45) is 0 Å². The molecule has 0 aliphatic heterocycles. The van der Waals surface area contributed by atoms with Gasteiger partial charge >= 0.3 is 0 Å². The zero-order valence-electron chi connectivity index (χ0n) is 10.8. The lowest BCUT2D eigenvalue weighted by atomic mass is 10.2. The van der Waals surface area contributed by atoms with Gasteiger partial charge in [0.2, 0.25) is 0 Å². The molecule has 6 heteroatoms. The first-order chi connectivity index (χ1) is 10.1. The SMILES string of the molecule is O=[N+]([O-])c1ccc2nc(C=Cc3ccc(Cl)cc3)[nH]c2c1. The average Bonchev–Trinajstić information content (AvgIpc) is 2.88. The Balaban J connectivity index is 1.90. The molecule has 104 valence electrons. The minimum Gasteiger partial charge on any atom is -0.338 e. The van der Waals surface area contributed by atoms with E-state index in [9.17, 15) is 10.1 Å². The molecule has 1 aromatic heterocycles. The van der Waals surface area contributed by atoms with Gasteiger partial charge in [-0.1, -0.05) is 29.8 Å². The number of hydrogen-bond donors (Lipinski definition) is 1. The lowest BCUT2D eigenvalue weighted by Gasteiger charge is -1.92. The molecular weight excluding hydrogens is 290 g/mol. The van der Waals surface area contributed by atoms with Crippen LogP contribution in [0.2, 0.25) is 5.02 Å². The minimum absolute atomic E-state index is 0.0411. The van der Waals surface area contributed by atoms with Crippen LogP contribution in [-0.4, -0.2) is 14.9 Å². The molecule has 0 bridgehead atoms. The quantitative estimate of drug-likeness (QED) is 0.579. The average molecular weight is 300 g/mol. The van der Waals surface area contributed by atoms with Crippen molar-refractivity contribution < 1.29 is 4.92 Å². The molecule has 0 fully saturated rings. The fraction of sp³-hybridized carbons (Fsp3) is 0. The van der Waals surface area contributed by atoms with Crippen LogP contribution >= 0.6 is 11.6 Å². The highest BCUT2D eigenvalue weighted by atomic mass is 35.5. The fourth-order valence-corrected chi connectivity index (χ4v) is 2.08. The molecule has 0 aliphatic rings. The Kier molecular flexibility index (Phi) is 3.41. The second kappa shape index (κ2) is 5.38. The van der Waals surface area contributed by atoms with Gasteiger partial charge in [0.15, 0.2) is 0 Å². The van der Waals surface area contributed by atoms with E-state index < -0.39 is 4.92 Å². The number of aromatic amines is 1. The predicted molar refractivity (Wildman–Crippen MR) is 83.1 cm³/mol. The van der Waals surface area contributed by atoms with E-state index in [1.54, 1.807) is 6.07 Å². The number of benzene rings is 2. The van der Waals surface area contributed by atoms with E-state index in [-0.39, 0.29) is 5.69 Å². The number of fused-ring (bicyclic) bond motifs is 1. The van der Waals surface area contributed by atoms with Crippen molar-refractivity contribution in [1.82, 2.24) is 9.97 Å². The maximum Gasteiger partial charge on any atom is 0.271 e. The summed E-state index contributed by atoms with van der Waals surface area (Å²) in [6.45, 7) is 0. The fourth-order valence-electron chi connectivity index (χ4n) is 1.96. The Hall–Kier alpha value is -2.66. The molecule has 21 heavy (non-hydrogen) atoms. The number of aromatic nitrogens is 2. The van der Waals surface area contributed by atoms with E-state index in [1.165, 1.54) is 12.1 Å². The molecule has 0 amide bonds. The predicted octanol–water partition coefficient (Wildman–Crippen LogP) is 4.29. The molecule has 1 N–H and O–H groups in total. The molecular formula is C15H10ClN3O2. The number of nitrogens with zero attached hydrogens (tertiary/aromatic N) is 2. The van der Waals surface area contributed by atoms with Crippen LogP contribution in [0.4, 0.5) is 5.69 Å². The summed E-state index contributed by atoms with van der Waals surface area (Å²) in [5.74, 6) is 0.639. The van der Waals surface area contributed by atoms with Gasteiger partial charge in [0.25, 0.3) is 5.69 Å². The Bertz CT molecular complexity index is 838. The number of imidazole rings is 1. The minimum atomic E-state index is -0.427. The summed E-state index contributed by atoms with van der Waals surface area (Å²) in [5, 5.41) is 11.4. The van der Waals surface area contributed by atoms with Crippen LogP contribution in [0.1, 0.15) is 11.4 Å². The van der Waals surface area contributed by atoms with Crippen molar-refractivity contribution in [3.05, 3.63) is 69.0 Å². The van der Waals surface area contributed by atoms with Gasteiger partial charge in [-0.05, 0) is 29.8 Å². The van der Waals surface area contributed by atoms with E-state index in [0.29, 0.717) is 21.9 Å². The molecule has 5 nitrogen and oxygen atoms in total. The summed E-state index contributed by atoms with van der Waals surface area (Å²) >= 11 is 5.82. The smallest absolute Gasteiger partial charge is 0.271 e. The summed E-state index contributed by atoms with van der Waals surface area (Å²) in [6.07, 6.45) is 3.71. The number of nitrogens with one attached hydrogen (secondary N) is 1. The number of nitro benzene ring substituents is 1. The van der Waals surface area contributed by atoms with Crippen LogP contribution in [-0.2, 0) is 0 Å². The van der Waals surface area contributed by atoms with Gasteiger partial charge in [-0.2, -0.15) is 0 Å². The monoisotopic (exact) mass is 299 g/mol. The first-order valence-corrected chi connectivity index (χ1v) is 6.57. The molecule has 0 spiro atoms. The number of H-pyrrole nitrogens is 1. The second-order valence-corrected chi connectivity index (χ2v) is 4.90. The van der Waals surface area contributed by atoms with Gasteiger partial charge in [0.05, 0.1) is 16.0 Å². The van der Waals surface area contributed by atoms with Crippen molar-refractivity contribution in [3.8, 4) is 0 Å². The van der Waals surface area contributed by atoms with E-state index >= 15 is 0 Å². The van der Waals surface area contributed by atoms with Crippen molar-refractivity contribution >= 4 is 40.5 Å². The van der Waals surface area contributed by atoms with Gasteiger partial charge < -0.3 is 4.98 Å². The molecule has 0 atom stereocenters. The lowest BCUT2D eigenvalue weighted by Crippen LogP contribution is -1.86. The van der Waals surface area contributed by atoms with Crippen molar-refractivity contribution in [2.45, 2.75) is 0 Å². The number of hydrogen-bond acceptors (Lipinski definition) is 3. The Morgan fingerprint density at radius 1 is 1.14 bits per heavy atom. The third-order valence-corrected chi connectivity index (χ3v) is 3.25. The zero-order chi connectivity index (χ0) is 14.8. The van der Waals surface area contributed by atoms with Crippen LogP contribution in [0.5, 0.6) is 0 Å². The summed E-state index contributed by atoms with van der Waals surface area (Å²) < 4.78 is 0. The molecule has 3 rings (SSSR count). The van der Waals surface area contributed by atoms with Crippen LogP contribution in [0.3, 0.4) is 0 Å². The third-order valence-electron chi connectivity index (χ3n) is 3.00. The van der Waals surface area contributed by atoms with Gasteiger partial charge in [0, 0.05) is 17.2 Å². The highest BCUT2D eigenvalue weighted by molar-refractivity contribution is 6.30. The lowest BCUT2D eigenvalue weighted by molar-refractivity contribution is -0.384. The van der Waals surface area contributed by atoms with E-state index in [4.69, 9.17) is 11.6 Å².